The Morgan fingerprint density at radius 2 is 2.36 bits per heavy atom. The highest BCUT2D eigenvalue weighted by molar-refractivity contribution is 5.83. The largest absolute Gasteiger partial charge is 0.368 e. The molecule has 0 aliphatic heterocycles. The summed E-state index contributed by atoms with van der Waals surface area (Å²) < 4.78 is 1.80. The highest BCUT2D eigenvalue weighted by Crippen LogP contribution is 1.99. The summed E-state index contributed by atoms with van der Waals surface area (Å²) in [6.45, 7) is 4.91. The molecule has 5 nitrogen and oxygen atoms in total. The van der Waals surface area contributed by atoms with Gasteiger partial charge in [0.25, 0.3) is 0 Å². The summed E-state index contributed by atoms with van der Waals surface area (Å²) in [6, 6.07) is 1.86. The van der Waals surface area contributed by atoms with Crippen LogP contribution in [-0.4, -0.2) is 27.8 Å². The van der Waals surface area contributed by atoms with Crippen molar-refractivity contribution in [1.29, 1.82) is 0 Å². The second-order valence-corrected chi connectivity index (χ2v) is 3.69. The molecule has 0 saturated heterocycles. The first-order valence-electron chi connectivity index (χ1n) is 4.55. The molecule has 1 aromatic heterocycles. The van der Waals surface area contributed by atoms with Crippen LogP contribution in [0.4, 0.5) is 0 Å². The van der Waals surface area contributed by atoms with E-state index in [1.807, 2.05) is 12.3 Å². The molecule has 0 saturated carbocycles. The predicted octanol–water partition coefficient (Wildman–Crippen LogP) is -0.263. The van der Waals surface area contributed by atoms with Gasteiger partial charge >= 0.3 is 0 Å². The number of aromatic nitrogens is 2. The third-order valence-electron chi connectivity index (χ3n) is 2.08. The zero-order chi connectivity index (χ0) is 10.6. The van der Waals surface area contributed by atoms with Crippen LogP contribution in [0.1, 0.15) is 13.8 Å². The normalized spacial score (nSPS) is 11.6. The first kappa shape index (κ1) is 10.7. The minimum absolute atomic E-state index is 0.349. The monoisotopic (exact) mass is 196 g/mol. The van der Waals surface area contributed by atoms with Gasteiger partial charge in [0.15, 0.2) is 0 Å². The summed E-state index contributed by atoms with van der Waals surface area (Å²) in [6.07, 6.45) is 3.60. The summed E-state index contributed by atoms with van der Waals surface area (Å²) in [5, 5.41) is 7.10. The standard InChI is InChI=1S/C9H16N4O/c1-9(2,8(10)14)11-5-7-13-6-3-4-12-13/h3-4,6,11H,5,7H2,1-2H3,(H2,10,14). The van der Waals surface area contributed by atoms with Gasteiger partial charge in [0.1, 0.15) is 0 Å². The molecule has 0 aliphatic rings. The van der Waals surface area contributed by atoms with Gasteiger partial charge in [-0.15, -0.1) is 0 Å². The van der Waals surface area contributed by atoms with Gasteiger partial charge in [0, 0.05) is 18.9 Å². The molecule has 0 bridgehead atoms. The van der Waals surface area contributed by atoms with Crippen LogP contribution in [0.2, 0.25) is 0 Å². The van der Waals surface area contributed by atoms with E-state index >= 15 is 0 Å². The van der Waals surface area contributed by atoms with Crippen LogP contribution in [0, 0.1) is 0 Å². The van der Waals surface area contributed by atoms with Crippen molar-refractivity contribution in [3.05, 3.63) is 18.5 Å². The molecule has 0 unspecified atom stereocenters. The van der Waals surface area contributed by atoms with Crippen molar-refractivity contribution in [2.75, 3.05) is 6.54 Å². The van der Waals surface area contributed by atoms with E-state index in [2.05, 4.69) is 10.4 Å². The van der Waals surface area contributed by atoms with Crippen molar-refractivity contribution in [1.82, 2.24) is 15.1 Å². The molecule has 78 valence electrons. The Bertz CT molecular complexity index is 292. The predicted molar refractivity (Wildman–Crippen MR) is 53.5 cm³/mol. The molecule has 0 fully saturated rings. The smallest absolute Gasteiger partial charge is 0.237 e. The van der Waals surface area contributed by atoms with Crippen molar-refractivity contribution in [3.63, 3.8) is 0 Å². The number of rotatable bonds is 5. The maximum Gasteiger partial charge on any atom is 0.237 e. The summed E-state index contributed by atoms with van der Waals surface area (Å²) in [7, 11) is 0. The van der Waals surface area contributed by atoms with E-state index < -0.39 is 5.54 Å². The molecule has 1 heterocycles. The van der Waals surface area contributed by atoms with Gasteiger partial charge < -0.3 is 11.1 Å². The highest BCUT2D eigenvalue weighted by atomic mass is 16.1. The molecular formula is C9H16N4O. The first-order chi connectivity index (χ1) is 6.52. The SMILES string of the molecule is CC(C)(NCCn1cccn1)C(N)=O. The quantitative estimate of drug-likeness (QED) is 0.681. The zero-order valence-corrected chi connectivity index (χ0v) is 8.53. The van der Waals surface area contributed by atoms with E-state index in [9.17, 15) is 4.79 Å². The van der Waals surface area contributed by atoms with Gasteiger partial charge in [0.2, 0.25) is 5.91 Å². The maximum atomic E-state index is 11.0. The van der Waals surface area contributed by atoms with Crippen molar-refractivity contribution < 1.29 is 4.79 Å². The number of amides is 1. The lowest BCUT2D eigenvalue weighted by Gasteiger charge is -2.22. The van der Waals surface area contributed by atoms with Crippen LogP contribution < -0.4 is 11.1 Å². The molecular weight excluding hydrogens is 180 g/mol. The molecule has 0 aromatic carbocycles. The Hall–Kier alpha value is -1.36. The minimum Gasteiger partial charge on any atom is -0.368 e. The molecule has 3 N–H and O–H groups in total. The van der Waals surface area contributed by atoms with Crippen LogP contribution in [0.3, 0.4) is 0 Å². The number of hydrogen-bond donors (Lipinski definition) is 2. The number of carbonyl (C=O) groups excluding carboxylic acids is 1. The van der Waals surface area contributed by atoms with Crippen LogP contribution in [0.25, 0.3) is 0 Å². The average Bonchev–Trinajstić information content (AvgIpc) is 2.56. The van der Waals surface area contributed by atoms with Crippen molar-refractivity contribution in [2.24, 2.45) is 5.73 Å². The number of nitrogens with two attached hydrogens (primary N) is 1. The van der Waals surface area contributed by atoms with Gasteiger partial charge in [-0.1, -0.05) is 0 Å². The van der Waals surface area contributed by atoms with Crippen molar-refractivity contribution in [2.45, 2.75) is 25.9 Å². The third kappa shape index (κ3) is 2.85. The van der Waals surface area contributed by atoms with E-state index in [1.165, 1.54) is 0 Å². The molecule has 14 heavy (non-hydrogen) atoms. The number of hydrogen-bond acceptors (Lipinski definition) is 3. The molecule has 0 atom stereocenters. The van der Waals surface area contributed by atoms with Crippen molar-refractivity contribution >= 4 is 5.91 Å². The van der Waals surface area contributed by atoms with E-state index in [0.29, 0.717) is 6.54 Å². The number of nitrogens with one attached hydrogen (secondary N) is 1. The van der Waals surface area contributed by atoms with Crippen LogP contribution in [-0.2, 0) is 11.3 Å². The second kappa shape index (κ2) is 4.23. The lowest BCUT2D eigenvalue weighted by atomic mass is 10.1. The molecule has 0 radical (unpaired) electrons. The fourth-order valence-corrected chi connectivity index (χ4v) is 1.00. The Morgan fingerprint density at radius 1 is 1.64 bits per heavy atom. The van der Waals surface area contributed by atoms with Crippen LogP contribution in [0.15, 0.2) is 18.5 Å². The average molecular weight is 196 g/mol. The van der Waals surface area contributed by atoms with Gasteiger partial charge in [0.05, 0.1) is 12.1 Å². The van der Waals surface area contributed by atoms with Gasteiger partial charge in [-0.3, -0.25) is 9.48 Å². The highest BCUT2D eigenvalue weighted by Gasteiger charge is 2.23. The number of nitrogens with zero attached hydrogens (tertiary/aromatic N) is 2. The van der Waals surface area contributed by atoms with Gasteiger partial charge in [-0.05, 0) is 19.9 Å². The number of carbonyl (C=O) groups is 1. The fourth-order valence-electron chi connectivity index (χ4n) is 1.00. The molecule has 5 heteroatoms. The maximum absolute atomic E-state index is 11.0. The first-order valence-corrected chi connectivity index (χ1v) is 4.55. The molecule has 1 aromatic rings. The zero-order valence-electron chi connectivity index (χ0n) is 8.53. The van der Waals surface area contributed by atoms with Gasteiger partial charge in [-0.2, -0.15) is 5.10 Å². The molecule has 0 aliphatic carbocycles. The Labute approximate surface area is 83.3 Å². The Morgan fingerprint density at radius 3 is 2.86 bits per heavy atom. The second-order valence-electron chi connectivity index (χ2n) is 3.69. The van der Waals surface area contributed by atoms with Gasteiger partial charge in [-0.25, -0.2) is 0 Å². The fraction of sp³-hybridized carbons (Fsp3) is 0.556. The third-order valence-corrected chi connectivity index (χ3v) is 2.08. The molecule has 1 amide bonds. The lowest BCUT2D eigenvalue weighted by Crippen LogP contribution is -2.51. The lowest BCUT2D eigenvalue weighted by molar-refractivity contribution is -0.123. The summed E-state index contributed by atoms with van der Waals surface area (Å²) >= 11 is 0. The van der Waals surface area contributed by atoms with E-state index in [0.717, 1.165) is 6.54 Å². The van der Waals surface area contributed by atoms with Crippen LogP contribution >= 0.6 is 0 Å². The van der Waals surface area contributed by atoms with E-state index in [1.54, 1.807) is 24.7 Å². The van der Waals surface area contributed by atoms with E-state index in [-0.39, 0.29) is 5.91 Å². The minimum atomic E-state index is -0.660. The van der Waals surface area contributed by atoms with Crippen LogP contribution in [0.5, 0.6) is 0 Å². The Kier molecular flexibility index (Phi) is 3.24. The molecule has 1 rings (SSSR count). The van der Waals surface area contributed by atoms with E-state index in [4.69, 9.17) is 5.73 Å². The summed E-state index contributed by atoms with van der Waals surface area (Å²) in [5.41, 5.74) is 4.55. The topological polar surface area (TPSA) is 72.9 Å². The Balaban J connectivity index is 2.31. The molecule has 0 spiro atoms. The summed E-state index contributed by atoms with van der Waals surface area (Å²) in [5.74, 6) is -0.349. The summed E-state index contributed by atoms with van der Waals surface area (Å²) in [4.78, 5) is 11.0. The van der Waals surface area contributed by atoms with Crippen molar-refractivity contribution in [3.8, 4) is 0 Å². The number of primary amides is 1.